The molecular formula is C15H22N6. The summed E-state index contributed by atoms with van der Waals surface area (Å²) in [5.41, 5.74) is 12.5. The van der Waals surface area contributed by atoms with Crippen molar-refractivity contribution in [2.75, 3.05) is 36.9 Å². The van der Waals surface area contributed by atoms with Crippen LogP contribution < -0.4 is 16.8 Å². The molecule has 0 aliphatic rings. The second-order valence-electron chi connectivity index (χ2n) is 5.04. The molecule has 112 valence electrons. The molecule has 1 aromatic heterocycles. The molecule has 21 heavy (non-hydrogen) atoms. The fraction of sp³-hybridized carbons (Fsp3) is 0.333. The van der Waals surface area contributed by atoms with Crippen molar-refractivity contribution in [3.8, 4) is 0 Å². The van der Waals surface area contributed by atoms with Crippen LogP contribution in [0.2, 0.25) is 0 Å². The Hall–Kier alpha value is -2.34. The molecule has 0 radical (unpaired) electrons. The fourth-order valence-corrected chi connectivity index (χ4v) is 2.12. The zero-order valence-corrected chi connectivity index (χ0v) is 12.3. The number of nitrogens with one attached hydrogen (secondary N) is 1. The molecule has 0 amide bonds. The van der Waals surface area contributed by atoms with E-state index in [0.29, 0.717) is 11.6 Å². The van der Waals surface area contributed by atoms with E-state index >= 15 is 0 Å². The summed E-state index contributed by atoms with van der Waals surface area (Å²) in [5.74, 6) is 1.25. The Balaban J connectivity index is 1.69. The Bertz CT molecular complexity index is 537. The van der Waals surface area contributed by atoms with E-state index < -0.39 is 0 Å². The van der Waals surface area contributed by atoms with Crippen LogP contribution in [0.25, 0.3) is 0 Å². The molecule has 0 unspecified atom stereocenters. The summed E-state index contributed by atoms with van der Waals surface area (Å²) in [7, 11) is 2.12. The number of hydrogen-bond donors (Lipinski definition) is 3. The maximum atomic E-state index is 5.62. The third kappa shape index (κ3) is 5.27. The lowest BCUT2D eigenvalue weighted by Gasteiger charge is -2.16. The summed E-state index contributed by atoms with van der Waals surface area (Å²) < 4.78 is 0. The van der Waals surface area contributed by atoms with Crippen molar-refractivity contribution in [1.82, 2.24) is 14.9 Å². The van der Waals surface area contributed by atoms with Gasteiger partial charge in [0.1, 0.15) is 11.6 Å². The molecule has 0 aliphatic carbocycles. The zero-order valence-electron chi connectivity index (χ0n) is 12.3. The lowest BCUT2D eigenvalue weighted by Crippen LogP contribution is -2.21. The predicted octanol–water partition coefficient (Wildman–Crippen LogP) is 1.57. The molecule has 0 saturated heterocycles. The number of nitrogens with two attached hydrogens (primary N) is 2. The molecule has 6 nitrogen and oxygen atoms in total. The molecule has 0 aliphatic heterocycles. The number of nitrogens with zero attached hydrogens (tertiary/aromatic N) is 3. The van der Waals surface area contributed by atoms with Gasteiger partial charge in [0, 0.05) is 19.2 Å². The molecule has 1 heterocycles. The van der Waals surface area contributed by atoms with Gasteiger partial charge in [0.05, 0.1) is 0 Å². The number of anilines is 3. The monoisotopic (exact) mass is 286 g/mol. The molecule has 0 saturated carbocycles. The molecule has 0 spiro atoms. The maximum absolute atomic E-state index is 5.62. The standard InChI is InChI=1S/C15H22N6/c1-21(11-12-6-3-2-4-7-12)9-5-8-18-14-10-13(16)19-15(17)20-14/h2-4,6-7,10H,5,8-9,11H2,1H3,(H5,16,17,18,19,20). The van der Waals surface area contributed by atoms with Gasteiger partial charge in [0.2, 0.25) is 5.95 Å². The first kappa shape index (κ1) is 15.1. The van der Waals surface area contributed by atoms with Crippen LogP contribution >= 0.6 is 0 Å². The molecule has 0 atom stereocenters. The lowest BCUT2D eigenvalue weighted by molar-refractivity contribution is 0.325. The zero-order chi connectivity index (χ0) is 15.1. The minimum atomic E-state index is 0.193. The van der Waals surface area contributed by atoms with Crippen LogP contribution in [0.3, 0.4) is 0 Å². The predicted molar refractivity (Wildman–Crippen MR) is 86.7 cm³/mol. The summed E-state index contributed by atoms with van der Waals surface area (Å²) in [6, 6.07) is 12.1. The summed E-state index contributed by atoms with van der Waals surface area (Å²) in [5, 5.41) is 3.21. The van der Waals surface area contributed by atoms with Crippen molar-refractivity contribution >= 4 is 17.6 Å². The van der Waals surface area contributed by atoms with Gasteiger partial charge in [0.25, 0.3) is 0 Å². The van der Waals surface area contributed by atoms with Gasteiger partial charge < -0.3 is 21.7 Å². The maximum Gasteiger partial charge on any atom is 0.223 e. The van der Waals surface area contributed by atoms with E-state index in [-0.39, 0.29) is 5.95 Å². The summed E-state index contributed by atoms with van der Waals surface area (Å²) in [6.45, 7) is 2.77. The Morgan fingerprint density at radius 2 is 1.90 bits per heavy atom. The van der Waals surface area contributed by atoms with E-state index in [4.69, 9.17) is 11.5 Å². The van der Waals surface area contributed by atoms with E-state index in [0.717, 1.165) is 26.1 Å². The number of benzene rings is 1. The Labute approximate surface area is 125 Å². The molecule has 0 bridgehead atoms. The van der Waals surface area contributed by atoms with Gasteiger partial charge in [-0.3, -0.25) is 0 Å². The SMILES string of the molecule is CN(CCCNc1cc(N)nc(N)n1)Cc1ccccc1. The smallest absolute Gasteiger partial charge is 0.223 e. The van der Waals surface area contributed by atoms with E-state index in [2.05, 4.69) is 51.5 Å². The number of aromatic nitrogens is 2. The van der Waals surface area contributed by atoms with E-state index in [1.807, 2.05) is 6.07 Å². The van der Waals surface area contributed by atoms with Gasteiger partial charge in [-0.2, -0.15) is 9.97 Å². The average molecular weight is 286 g/mol. The lowest BCUT2D eigenvalue weighted by atomic mass is 10.2. The van der Waals surface area contributed by atoms with Crippen molar-refractivity contribution in [2.45, 2.75) is 13.0 Å². The molecule has 1 aromatic carbocycles. The quantitative estimate of drug-likeness (QED) is 0.669. The first-order chi connectivity index (χ1) is 10.1. The molecule has 0 fully saturated rings. The largest absolute Gasteiger partial charge is 0.383 e. The van der Waals surface area contributed by atoms with Crippen LogP contribution in [-0.2, 0) is 6.54 Å². The highest BCUT2D eigenvalue weighted by atomic mass is 15.1. The van der Waals surface area contributed by atoms with Crippen molar-refractivity contribution in [2.24, 2.45) is 0 Å². The first-order valence-corrected chi connectivity index (χ1v) is 7.00. The molecule has 2 aromatic rings. The highest BCUT2D eigenvalue weighted by Gasteiger charge is 2.01. The molecule has 2 rings (SSSR count). The Morgan fingerprint density at radius 3 is 2.62 bits per heavy atom. The number of nitrogen functional groups attached to an aromatic ring is 2. The second kappa shape index (κ2) is 7.44. The minimum Gasteiger partial charge on any atom is -0.383 e. The van der Waals surface area contributed by atoms with Crippen molar-refractivity contribution in [3.05, 3.63) is 42.0 Å². The summed E-state index contributed by atoms with van der Waals surface area (Å²) >= 11 is 0. The highest BCUT2D eigenvalue weighted by Crippen LogP contribution is 2.09. The fourth-order valence-electron chi connectivity index (χ4n) is 2.12. The van der Waals surface area contributed by atoms with Crippen LogP contribution in [-0.4, -0.2) is 35.0 Å². The van der Waals surface area contributed by atoms with Gasteiger partial charge in [-0.05, 0) is 25.6 Å². The third-order valence-corrected chi connectivity index (χ3v) is 3.08. The van der Waals surface area contributed by atoms with Crippen LogP contribution in [0.1, 0.15) is 12.0 Å². The van der Waals surface area contributed by atoms with E-state index in [9.17, 15) is 0 Å². The topological polar surface area (TPSA) is 93.1 Å². The Kier molecular flexibility index (Phi) is 5.34. The van der Waals surface area contributed by atoms with Gasteiger partial charge in [-0.15, -0.1) is 0 Å². The van der Waals surface area contributed by atoms with Crippen molar-refractivity contribution in [3.63, 3.8) is 0 Å². The normalized spacial score (nSPS) is 10.8. The van der Waals surface area contributed by atoms with Gasteiger partial charge in [-0.1, -0.05) is 30.3 Å². The second-order valence-corrected chi connectivity index (χ2v) is 5.04. The number of hydrogen-bond acceptors (Lipinski definition) is 6. The summed E-state index contributed by atoms with van der Waals surface area (Å²) in [6.07, 6.45) is 1.01. The van der Waals surface area contributed by atoms with Crippen molar-refractivity contribution in [1.29, 1.82) is 0 Å². The van der Waals surface area contributed by atoms with Crippen molar-refractivity contribution < 1.29 is 0 Å². The first-order valence-electron chi connectivity index (χ1n) is 7.00. The van der Waals surface area contributed by atoms with Crippen LogP contribution in [0.5, 0.6) is 0 Å². The molecule has 5 N–H and O–H groups in total. The van der Waals surface area contributed by atoms with Crippen LogP contribution in [0, 0.1) is 0 Å². The molecular weight excluding hydrogens is 264 g/mol. The molecule has 6 heteroatoms. The van der Waals surface area contributed by atoms with Gasteiger partial charge in [-0.25, -0.2) is 0 Å². The van der Waals surface area contributed by atoms with E-state index in [1.54, 1.807) is 6.07 Å². The average Bonchev–Trinajstić information content (AvgIpc) is 2.44. The van der Waals surface area contributed by atoms with E-state index in [1.165, 1.54) is 5.56 Å². The number of rotatable bonds is 7. The Morgan fingerprint density at radius 1 is 1.14 bits per heavy atom. The summed E-state index contributed by atoms with van der Waals surface area (Å²) in [4.78, 5) is 10.2. The van der Waals surface area contributed by atoms with Gasteiger partial charge >= 0.3 is 0 Å². The van der Waals surface area contributed by atoms with Crippen LogP contribution in [0.4, 0.5) is 17.6 Å². The third-order valence-electron chi connectivity index (χ3n) is 3.08. The minimum absolute atomic E-state index is 0.193. The van der Waals surface area contributed by atoms with Crippen LogP contribution in [0.15, 0.2) is 36.4 Å². The highest BCUT2D eigenvalue weighted by molar-refractivity contribution is 5.48. The van der Waals surface area contributed by atoms with Gasteiger partial charge in [0.15, 0.2) is 0 Å².